The third-order valence-corrected chi connectivity index (χ3v) is 5.11. The number of aromatic nitrogens is 2. The summed E-state index contributed by atoms with van der Waals surface area (Å²) in [6, 6.07) is 17.8. The van der Waals surface area contributed by atoms with Crippen LogP contribution in [0.3, 0.4) is 0 Å². The molecule has 1 aliphatic heterocycles. The molecule has 30 heavy (non-hydrogen) atoms. The highest BCUT2D eigenvalue weighted by molar-refractivity contribution is 5.83. The van der Waals surface area contributed by atoms with Gasteiger partial charge in [0, 0.05) is 19.1 Å². The number of hydrogen-bond donors (Lipinski definition) is 2. The van der Waals surface area contributed by atoms with Gasteiger partial charge in [-0.25, -0.2) is 9.97 Å². The van der Waals surface area contributed by atoms with Crippen LogP contribution in [0.25, 0.3) is 11.1 Å². The predicted octanol–water partition coefficient (Wildman–Crippen LogP) is 4.74. The number of hydrogen-bond acceptors (Lipinski definition) is 6. The van der Waals surface area contributed by atoms with E-state index in [1.54, 1.807) is 0 Å². The number of ether oxygens (including phenoxy) is 1. The van der Waals surface area contributed by atoms with Gasteiger partial charge in [0.15, 0.2) is 0 Å². The van der Waals surface area contributed by atoms with E-state index in [0.717, 1.165) is 54.4 Å². The van der Waals surface area contributed by atoms with Gasteiger partial charge in [-0.05, 0) is 49.2 Å². The molecule has 1 radical (unpaired) electrons. The van der Waals surface area contributed by atoms with E-state index in [-0.39, 0.29) is 6.04 Å². The fourth-order valence-electron chi connectivity index (χ4n) is 3.71. The molecular formula is C24H26N5O. The van der Waals surface area contributed by atoms with E-state index in [9.17, 15) is 0 Å². The molecule has 6 nitrogen and oxygen atoms in total. The molecule has 153 valence electrons. The third kappa shape index (κ3) is 4.78. The minimum absolute atomic E-state index is 0.281. The number of nitrogens with two attached hydrogens (primary N) is 1. The summed E-state index contributed by atoms with van der Waals surface area (Å²) >= 11 is 0. The Bertz CT molecular complexity index is 975. The average Bonchev–Trinajstić information content (AvgIpc) is 2.76. The quantitative estimate of drug-likeness (QED) is 0.596. The topological polar surface area (TPSA) is 76.3 Å². The number of nitrogens with one attached hydrogen (secondary N) is 1. The number of nitrogen functional groups attached to an aromatic ring is 1. The molecule has 6 heteroatoms. The highest BCUT2D eigenvalue weighted by Gasteiger charge is 2.21. The zero-order valence-corrected chi connectivity index (χ0v) is 16.9. The molecule has 0 spiro atoms. The van der Waals surface area contributed by atoms with Crippen LogP contribution in [0.15, 0.2) is 73.6 Å². The lowest BCUT2D eigenvalue weighted by Gasteiger charge is -2.32. The maximum Gasteiger partial charge on any atom is 0.139 e. The minimum atomic E-state index is 0.281. The molecule has 1 atom stereocenters. The van der Waals surface area contributed by atoms with Gasteiger partial charge in [-0.1, -0.05) is 36.4 Å². The van der Waals surface area contributed by atoms with Gasteiger partial charge in [0.1, 0.15) is 29.5 Å². The minimum Gasteiger partial charge on any atom is -0.457 e. The first-order valence-electron chi connectivity index (χ1n) is 10.1. The molecule has 3 N–H and O–H groups in total. The number of piperidine rings is 1. The molecule has 2 aromatic carbocycles. The van der Waals surface area contributed by atoms with Crippen molar-refractivity contribution < 1.29 is 4.74 Å². The lowest BCUT2D eigenvalue weighted by atomic mass is 10.0. The van der Waals surface area contributed by atoms with Crippen molar-refractivity contribution in [3.8, 4) is 22.6 Å². The summed E-state index contributed by atoms with van der Waals surface area (Å²) in [6.45, 7) is 7.78. The van der Waals surface area contributed by atoms with Crippen LogP contribution in [0.4, 0.5) is 11.6 Å². The molecule has 1 aliphatic rings. The second-order valence-corrected chi connectivity index (χ2v) is 7.29. The summed E-state index contributed by atoms with van der Waals surface area (Å²) in [6.07, 6.45) is 5.53. The van der Waals surface area contributed by atoms with Gasteiger partial charge in [-0.3, -0.25) is 4.90 Å². The average molecular weight is 401 g/mol. The first-order chi connectivity index (χ1) is 14.7. The molecule has 3 aromatic rings. The molecular weight excluding hydrogens is 374 g/mol. The number of para-hydroxylation sites is 1. The van der Waals surface area contributed by atoms with Gasteiger partial charge in [0.25, 0.3) is 0 Å². The van der Waals surface area contributed by atoms with Crippen molar-refractivity contribution in [2.45, 2.75) is 18.9 Å². The molecule has 0 unspecified atom stereocenters. The molecule has 2 heterocycles. The summed E-state index contributed by atoms with van der Waals surface area (Å²) in [5.74, 6) is 2.77. The Labute approximate surface area is 177 Å². The lowest BCUT2D eigenvalue weighted by molar-refractivity contribution is 0.270. The summed E-state index contributed by atoms with van der Waals surface area (Å²) < 4.78 is 5.89. The zero-order valence-electron chi connectivity index (χ0n) is 16.9. The van der Waals surface area contributed by atoms with Crippen molar-refractivity contribution in [1.82, 2.24) is 14.9 Å². The van der Waals surface area contributed by atoms with Crippen molar-refractivity contribution in [1.29, 1.82) is 0 Å². The van der Waals surface area contributed by atoms with Gasteiger partial charge in [0.05, 0.1) is 5.56 Å². The smallest absolute Gasteiger partial charge is 0.139 e. The molecule has 1 aromatic heterocycles. The van der Waals surface area contributed by atoms with Gasteiger partial charge in [0.2, 0.25) is 0 Å². The van der Waals surface area contributed by atoms with E-state index in [2.05, 4.69) is 26.8 Å². The summed E-state index contributed by atoms with van der Waals surface area (Å²) in [5.41, 5.74) is 8.00. The van der Waals surface area contributed by atoms with E-state index in [1.165, 1.54) is 6.33 Å². The van der Waals surface area contributed by atoms with E-state index in [4.69, 9.17) is 10.5 Å². The number of nitrogens with zero attached hydrogens (tertiary/aromatic N) is 3. The first-order valence-corrected chi connectivity index (χ1v) is 10.1. The molecule has 0 saturated carbocycles. The monoisotopic (exact) mass is 400 g/mol. The van der Waals surface area contributed by atoms with Gasteiger partial charge >= 0.3 is 0 Å². The Morgan fingerprint density at radius 3 is 2.60 bits per heavy atom. The lowest BCUT2D eigenvalue weighted by Crippen LogP contribution is -2.40. The van der Waals surface area contributed by atoms with Crippen LogP contribution >= 0.6 is 0 Å². The van der Waals surface area contributed by atoms with E-state index >= 15 is 0 Å². The summed E-state index contributed by atoms with van der Waals surface area (Å²) in [7, 11) is 0. The fraction of sp³-hybridized carbons (Fsp3) is 0.208. The van der Waals surface area contributed by atoms with Crippen LogP contribution in [0, 0.1) is 6.54 Å². The van der Waals surface area contributed by atoms with E-state index in [0.29, 0.717) is 5.82 Å². The standard InChI is InChI=1S/C24H26N5O/c1-2-14-29-15-6-7-19(16-29)28-24-22(23(25)26-17-27-24)18-10-12-21(13-11-18)30-20-8-4-3-5-9-20/h2-5,8-14,17,19H,1,6-7,15-16H2,(H3,25,26,27,28)/t19-/m1/s1. The van der Waals surface area contributed by atoms with Crippen LogP contribution in [0.1, 0.15) is 12.8 Å². The fourth-order valence-corrected chi connectivity index (χ4v) is 3.71. The summed E-state index contributed by atoms with van der Waals surface area (Å²) in [4.78, 5) is 11.0. The van der Waals surface area contributed by atoms with Gasteiger partial charge in [-0.2, -0.15) is 0 Å². The normalized spacial score (nSPS) is 16.7. The Balaban J connectivity index is 1.53. The molecule has 0 amide bonds. The Morgan fingerprint density at radius 1 is 1.07 bits per heavy atom. The molecule has 1 fully saturated rings. The molecule has 0 bridgehead atoms. The Kier molecular flexibility index (Phi) is 6.25. The van der Waals surface area contributed by atoms with Crippen LogP contribution in [-0.4, -0.2) is 34.0 Å². The third-order valence-electron chi connectivity index (χ3n) is 5.11. The largest absolute Gasteiger partial charge is 0.457 e. The van der Waals surface area contributed by atoms with Crippen LogP contribution in [0.5, 0.6) is 11.5 Å². The first kappa shape index (κ1) is 19.9. The highest BCUT2D eigenvalue weighted by atomic mass is 16.5. The Morgan fingerprint density at radius 2 is 1.83 bits per heavy atom. The van der Waals surface area contributed by atoms with Crippen LogP contribution in [-0.2, 0) is 0 Å². The zero-order chi connectivity index (χ0) is 20.8. The van der Waals surface area contributed by atoms with Crippen molar-refractivity contribution in [2.24, 2.45) is 0 Å². The van der Waals surface area contributed by atoms with E-state index < -0.39 is 0 Å². The maximum atomic E-state index is 6.24. The Hall–Kier alpha value is -3.38. The van der Waals surface area contributed by atoms with Crippen molar-refractivity contribution >= 4 is 11.6 Å². The van der Waals surface area contributed by atoms with Crippen LogP contribution in [0.2, 0.25) is 0 Å². The number of likely N-dealkylation sites (tertiary alicyclic amines) is 1. The molecule has 1 saturated heterocycles. The predicted molar refractivity (Wildman–Crippen MR) is 121 cm³/mol. The second kappa shape index (κ2) is 9.41. The highest BCUT2D eigenvalue weighted by Crippen LogP contribution is 2.33. The maximum absolute atomic E-state index is 6.24. The number of benzene rings is 2. The van der Waals surface area contributed by atoms with Crippen molar-refractivity contribution in [3.05, 3.63) is 80.1 Å². The van der Waals surface area contributed by atoms with Crippen LogP contribution < -0.4 is 15.8 Å². The SMILES string of the molecule is C=C[CH]N1CCC[C@@H](Nc2ncnc(N)c2-c2ccc(Oc3ccccc3)cc2)C1. The second-order valence-electron chi connectivity index (χ2n) is 7.29. The van der Waals surface area contributed by atoms with Crippen molar-refractivity contribution in [3.63, 3.8) is 0 Å². The summed E-state index contributed by atoms with van der Waals surface area (Å²) in [5, 5.41) is 3.57. The number of rotatable bonds is 7. The van der Waals surface area contributed by atoms with E-state index in [1.807, 2.05) is 67.2 Å². The van der Waals surface area contributed by atoms with Gasteiger partial charge < -0.3 is 15.8 Å². The molecule has 4 rings (SSSR count). The number of anilines is 2. The molecule has 0 aliphatic carbocycles. The van der Waals surface area contributed by atoms with Gasteiger partial charge in [-0.15, -0.1) is 6.58 Å². The van der Waals surface area contributed by atoms with Crippen molar-refractivity contribution in [2.75, 3.05) is 24.1 Å².